The Hall–Kier alpha value is -2.09. The van der Waals surface area contributed by atoms with Crippen LogP contribution in [0.15, 0.2) is 18.2 Å². The third-order valence-electron chi connectivity index (χ3n) is 3.27. The minimum absolute atomic E-state index is 0.0255. The fourth-order valence-corrected chi connectivity index (χ4v) is 2.02. The second kappa shape index (κ2) is 8.14. The van der Waals surface area contributed by atoms with Gasteiger partial charge in [0.1, 0.15) is 6.54 Å². The lowest BCUT2D eigenvalue weighted by molar-refractivity contribution is -0.123. The number of nitrogens with two attached hydrogens (primary N) is 1. The summed E-state index contributed by atoms with van der Waals surface area (Å²) >= 11 is 0. The number of amides is 2. The van der Waals surface area contributed by atoms with Crippen molar-refractivity contribution in [2.24, 2.45) is 11.7 Å². The molecule has 1 atom stereocenters. The van der Waals surface area contributed by atoms with Crippen molar-refractivity contribution in [2.45, 2.75) is 39.4 Å². The van der Waals surface area contributed by atoms with Crippen LogP contribution in [-0.2, 0) is 4.79 Å². The monoisotopic (exact) mass is 345 g/mol. The number of alkyl halides is 3. The van der Waals surface area contributed by atoms with Crippen LogP contribution in [0.25, 0.3) is 0 Å². The molecule has 5 nitrogen and oxygen atoms in total. The van der Waals surface area contributed by atoms with Crippen molar-refractivity contribution in [1.29, 1.82) is 0 Å². The molecule has 2 amide bonds. The maximum atomic E-state index is 12.2. The molecule has 0 spiro atoms. The SMILES string of the molecule is Cc1ccc(C(=O)NCC(F)(F)F)cc1NC(=O)[C@@H](N)CC(C)C. The van der Waals surface area contributed by atoms with Crippen LogP contribution in [0, 0.1) is 12.8 Å². The molecule has 1 aromatic rings. The lowest BCUT2D eigenvalue weighted by atomic mass is 10.0. The van der Waals surface area contributed by atoms with Gasteiger partial charge in [-0.1, -0.05) is 19.9 Å². The van der Waals surface area contributed by atoms with E-state index in [2.05, 4.69) is 5.32 Å². The summed E-state index contributed by atoms with van der Waals surface area (Å²) in [5.41, 5.74) is 6.84. The van der Waals surface area contributed by atoms with E-state index in [1.54, 1.807) is 18.3 Å². The Bertz CT molecular complexity index is 601. The van der Waals surface area contributed by atoms with Crippen molar-refractivity contribution in [3.63, 3.8) is 0 Å². The Morgan fingerprint density at radius 1 is 1.25 bits per heavy atom. The third kappa shape index (κ3) is 6.57. The number of carbonyl (C=O) groups excluding carboxylic acids is 2. The molecule has 0 aliphatic rings. The molecule has 0 heterocycles. The second-order valence-electron chi connectivity index (χ2n) is 6.05. The molecule has 0 saturated heterocycles. The van der Waals surface area contributed by atoms with Gasteiger partial charge in [-0.2, -0.15) is 13.2 Å². The Kier molecular flexibility index (Phi) is 6.77. The van der Waals surface area contributed by atoms with Crippen LogP contribution in [0.2, 0.25) is 0 Å². The summed E-state index contributed by atoms with van der Waals surface area (Å²) in [6, 6.07) is 3.57. The summed E-state index contributed by atoms with van der Waals surface area (Å²) in [6.07, 6.45) is -3.99. The first-order valence-corrected chi connectivity index (χ1v) is 7.51. The van der Waals surface area contributed by atoms with Gasteiger partial charge < -0.3 is 16.4 Å². The van der Waals surface area contributed by atoms with Crippen LogP contribution in [0.3, 0.4) is 0 Å². The molecule has 134 valence electrons. The number of halogens is 3. The fraction of sp³-hybridized carbons (Fsp3) is 0.500. The van der Waals surface area contributed by atoms with Crippen LogP contribution in [0.5, 0.6) is 0 Å². The average Bonchev–Trinajstić information content (AvgIpc) is 2.45. The van der Waals surface area contributed by atoms with Crippen LogP contribution < -0.4 is 16.4 Å². The van der Waals surface area contributed by atoms with Crippen molar-refractivity contribution in [3.8, 4) is 0 Å². The number of rotatable bonds is 6. The van der Waals surface area contributed by atoms with E-state index in [-0.39, 0.29) is 11.5 Å². The van der Waals surface area contributed by atoms with E-state index < -0.39 is 30.6 Å². The molecule has 1 rings (SSSR count). The highest BCUT2D eigenvalue weighted by molar-refractivity contribution is 5.99. The largest absolute Gasteiger partial charge is 0.405 e. The Balaban J connectivity index is 2.82. The highest BCUT2D eigenvalue weighted by Crippen LogP contribution is 2.18. The van der Waals surface area contributed by atoms with Gasteiger partial charge in [-0.05, 0) is 37.0 Å². The normalized spacial score (nSPS) is 12.8. The molecule has 0 aliphatic carbocycles. The number of anilines is 1. The van der Waals surface area contributed by atoms with E-state index >= 15 is 0 Å². The zero-order valence-electron chi connectivity index (χ0n) is 13.8. The van der Waals surface area contributed by atoms with E-state index in [9.17, 15) is 22.8 Å². The molecule has 0 unspecified atom stereocenters. The van der Waals surface area contributed by atoms with Gasteiger partial charge in [0.05, 0.1) is 6.04 Å². The van der Waals surface area contributed by atoms with Crippen LogP contribution >= 0.6 is 0 Å². The van der Waals surface area contributed by atoms with Crippen LogP contribution in [-0.4, -0.2) is 30.6 Å². The van der Waals surface area contributed by atoms with Gasteiger partial charge in [0, 0.05) is 11.3 Å². The molecular weight excluding hydrogens is 323 g/mol. The molecule has 4 N–H and O–H groups in total. The van der Waals surface area contributed by atoms with E-state index in [0.717, 1.165) is 0 Å². The molecule has 1 aromatic carbocycles. The number of hydrogen-bond acceptors (Lipinski definition) is 3. The van der Waals surface area contributed by atoms with Gasteiger partial charge >= 0.3 is 6.18 Å². The molecule has 0 aromatic heterocycles. The minimum atomic E-state index is -4.49. The summed E-state index contributed by atoms with van der Waals surface area (Å²) in [5, 5.41) is 4.40. The molecule has 0 aliphatic heterocycles. The van der Waals surface area contributed by atoms with Gasteiger partial charge in [-0.25, -0.2) is 0 Å². The molecule has 0 radical (unpaired) electrons. The van der Waals surface area contributed by atoms with Gasteiger partial charge in [0.25, 0.3) is 5.91 Å². The molecule has 24 heavy (non-hydrogen) atoms. The van der Waals surface area contributed by atoms with E-state index in [1.807, 2.05) is 13.8 Å². The zero-order valence-corrected chi connectivity index (χ0v) is 13.8. The standard InChI is InChI=1S/C16H22F3N3O2/c1-9(2)6-12(20)15(24)22-13-7-11(5-4-10(13)3)14(23)21-8-16(17,18)19/h4-5,7,9,12H,6,8,20H2,1-3H3,(H,21,23)(H,22,24)/t12-/m0/s1. The molecule has 0 bridgehead atoms. The predicted octanol–water partition coefficient (Wildman–Crippen LogP) is 2.60. The second-order valence-corrected chi connectivity index (χ2v) is 6.05. The van der Waals surface area contributed by atoms with Crippen LogP contribution in [0.1, 0.15) is 36.2 Å². The number of aryl methyl sites for hydroxylation is 1. The summed E-state index contributed by atoms with van der Waals surface area (Å²) < 4.78 is 36.5. The Morgan fingerprint density at radius 2 is 1.88 bits per heavy atom. The topological polar surface area (TPSA) is 84.2 Å². The number of hydrogen-bond donors (Lipinski definition) is 3. The molecular formula is C16H22F3N3O2. The highest BCUT2D eigenvalue weighted by Gasteiger charge is 2.28. The molecule has 8 heteroatoms. The van der Waals surface area contributed by atoms with Gasteiger partial charge in [-0.3, -0.25) is 9.59 Å². The quantitative estimate of drug-likeness (QED) is 0.741. The maximum absolute atomic E-state index is 12.2. The lowest BCUT2D eigenvalue weighted by Crippen LogP contribution is -2.37. The minimum Gasteiger partial charge on any atom is -0.343 e. The fourth-order valence-electron chi connectivity index (χ4n) is 2.02. The van der Waals surface area contributed by atoms with Gasteiger partial charge in [0.15, 0.2) is 0 Å². The van der Waals surface area contributed by atoms with E-state index in [0.29, 0.717) is 17.7 Å². The number of carbonyl (C=O) groups is 2. The summed E-state index contributed by atoms with van der Waals surface area (Å²) in [6.45, 7) is 4.16. The van der Waals surface area contributed by atoms with E-state index in [1.165, 1.54) is 12.1 Å². The van der Waals surface area contributed by atoms with Crippen molar-refractivity contribution >= 4 is 17.5 Å². The summed E-state index contributed by atoms with van der Waals surface area (Å²) in [5.74, 6) is -1.03. The number of benzene rings is 1. The molecule has 0 fully saturated rings. The lowest BCUT2D eigenvalue weighted by Gasteiger charge is -2.16. The van der Waals surface area contributed by atoms with Crippen molar-refractivity contribution in [2.75, 3.05) is 11.9 Å². The first-order valence-electron chi connectivity index (χ1n) is 7.51. The highest BCUT2D eigenvalue weighted by atomic mass is 19.4. The van der Waals surface area contributed by atoms with Crippen molar-refractivity contribution in [3.05, 3.63) is 29.3 Å². The summed E-state index contributed by atoms with van der Waals surface area (Å²) in [4.78, 5) is 23.8. The van der Waals surface area contributed by atoms with Crippen LogP contribution in [0.4, 0.5) is 18.9 Å². The Labute approximate surface area is 138 Å². The third-order valence-corrected chi connectivity index (χ3v) is 3.27. The van der Waals surface area contributed by atoms with Crippen molar-refractivity contribution < 1.29 is 22.8 Å². The van der Waals surface area contributed by atoms with Gasteiger partial charge in [0.2, 0.25) is 5.91 Å². The Morgan fingerprint density at radius 3 is 2.42 bits per heavy atom. The maximum Gasteiger partial charge on any atom is 0.405 e. The van der Waals surface area contributed by atoms with Crippen molar-refractivity contribution in [1.82, 2.24) is 5.32 Å². The first kappa shape index (κ1) is 20.0. The number of nitrogens with one attached hydrogen (secondary N) is 2. The average molecular weight is 345 g/mol. The van der Waals surface area contributed by atoms with E-state index in [4.69, 9.17) is 5.73 Å². The smallest absolute Gasteiger partial charge is 0.343 e. The predicted molar refractivity (Wildman–Crippen MR) is 85.6 cm³/mol. The van der Waals surface area contributed by atoms with Gasteiger partial charge in [-0.15, -0.1) is 0 Å². The zero-order chi connectivity index (χ0) is 18.5. The molecule has 0 saturated carbocycles. The first-order chi connectivity index (χ1) is 11.0. The summed E-state index contributed by atoms with van der Waals surface area (Å²) in [7, 11) is 0.